The highest BCUT2D eigenvalue weighted by Crippen LogP contribution is 2.39. The molecule has 3 aromatic rings. The van der Waals surface area contributed by atoms with Crippen molar-refractivity contribution in [1.82, 2.24) is 4.98 Å². The molecule has 3 unspecified atom stereocenters. The summed E-state index contributed by atoms with van der Waals surface area (Å²) < 4.78 is 77.0. The normalized spacial score (nSPS) is 26.1. The summed E-state index contributed by atoms with van der Waals surface area (Å²) in [6.07, 6.45) is -10.1. The van der Waals surface area contributed by atoms with Gasteiger partial charge in [0.2, 0.25) is 0 Å². The van der Waals surface area contributed by atoms with Crippen LogP contribution in [0.15, 0.2) is 54.6 Å². The first-order valence-corrected chi connectivity index (χ1v) is 13.8. The lowest BCUT2D eigenvalue weighted by atomic mass is 9.98. The summed E-state index contributed by atoms with van der Waals surface area (Å²) in [5.74, 6) is -0.786. The molecule has 2 saturated heterocycles. The highest BCUT2D eigenvalue weighted by Gasteiger charge is 2.51. The monoisotopic (exact) mass is 626 g/mol. The fourth-order valence-electron chi connectivity index (χ4n) is 4.85. The number of nitrogens with zero attached hydrogens (tertiary/aromatic N) is 2. The van der Waals surface area contributed by atoms with Gasteiger partial charge >= 0.3 is 12.3 Å². The van der Waals surface area contributed by atoms with Gasteiger partial charge in [-0.1, -0.05) is 23.7 Å². The quantitative estimate of drug-likeness (QED) is 0.158. The van der Waals surface area contributed by atoms with Crippen LogP contribution in [0.25, 0.3) is 10.9 Å². The van der Waals surface area contributed by atoms with E-state index in [0.29, 0.717) is 22.0 Å². The number of ether oxygens (including phenoxy) is 7. The molecule has 5 rings (SSSR count). The molecule has 14 heteroatoms. The molecule has 0 spiro atoms. The van der Waals surface area contributed by atoms with Crippen molar-refractivity contribution in [3.8, 4) is 5.75 Å². The maximum atomic E-state index is 13.1. The fraction of sp³-hybridized carbons (Fsp3) is 0.448. The molecule has 10 nitrogen and oxygen atoms in total. The van der Waals surface area contributed by atoms with Gasteiger partial charge in [-0.05, 0) is 56.3 Å². The van der Waals surface area contributed by atoms with E-state index in [-0.39, 0.29) is 12.5 Å². The van der Waals surface area contributed by atoms with E-state index in [1.54, 1.807) is 36.1 Å². The lowest BCUT2D eigenvalue weighted by molar-refractivity contribution is -0.274. The summed E-state index contributed by atoms with van der Waals surface area (Å²) in [6.45, 7) is 3.51. The van der Waals surface area contributed by atoms with Crippen LogP contribution in [0.2, 0.25) is 5.02 Å². The van der Waals surface area contributed by atoms with Gasteiger partial charge in [-0.25, -0.2) is 9.78 Å². The van der Waals surface area contributed by atoms with Gasteiger partial charge in [0.15, 0.2) is 18.7 Å². The molecule has 3 heterocycles. The molecule has 0 N–H and O–H groups in total. The molecule has 2 fully saturated rings. The topological polar surface area (TPSA) is 101 Å². The number of benzene rings is 2. The second-order valence-corrected chi connectivity index (χ2v) is 10.4. The van der Waals surface area contributed by atoms with Gasteiger partial charge < -0.3 is 33.2 Å². The molecule has 1 aromatic heterocycles. The molecule has 2 aliphatic heterocycles. The summed E-state index contributed by atoms with van der Waals surface area (Å²) in [4.78, 5) is 19.5. The number of epoxide rings is 1. The number of methoxy groups -OCH3 is 2. The first-order chi connectivity index (χ1) is 20.5. The summed E-state index contributed by atoms with van der Waals surface area (Å²) in [5.41, 5.74) is 0.880. The predicted molar refractivity (Wildman–Crippen MR) is 148 cm³/mol. The number of esters is 1. The van der Waals surface area contributed by atoms with Crippen molar-refractivity contribution in [2.24, 2.45) is 0 Å². The van der Waals surface area contributed by atoms with Crippen molar-refractivity contribution in [1.29, 1.82) is 0 Å². The van der Waals surface area contributed by atoms with E-state index >= 15 is 0 Å². The Bertz CT molecular complexity index is 1430. The zero-order valence-electron chi connectivity index (χ0n) is 23.6. The molecule has 43 heavy (non-hydrogen) atoms. The van der Waals surface area contributed by atoms with Crippen molar-refractivity contribution < 1.29 is 51.1 Å². The molecule has 0 bridgehead atoms. The number of anilines is 2. The van der Waals surface area contributed by atoms with Crippen molar-refractivity contribution >= 4 is 40.0 Å². The Morgan fingerprint density at radius 1 is 1.09 bits per heavy atom. The van der Waals surface area contributed by atoms with Gasteiger partial charge in [-0.15, -0.1) is 13.2 Å². The Balaban J connectivity index is 1.58. The second kappa shape index (κ2) is 12.8. The number of pyridine rings is 1. The zero-order chi connectivity index (χ0) is 30.9. The summed E-state index contributed by atoms with van der Waals surface area (Å²) in [5, 5.41) is 1.16. The Kier molecular flexibility index (Phi) is 9.30. The number of rotatable bonds is 10. The number of hydrogen-bond acceptors (Lipinski definition) is 10. The first-order valence-electron chi connectivity index (χ1n) is 13.4. The number of carbonyl (C=O) groups is 1. The Hall–Kier alpha value is -3.20. The lowest BCUT2D eigenvalue weighted by Gasteiger charge is -2.44. The summed E-state index contributed by atoms with van der Waals surface area (Å²) >= 11 is 6.45. The first kappa shape index (κ1) is 31.2. The Morgan fingerprint density at radius 2 is 1.81 bits per heavy atom. The molecule has 0 radical (unpaired) electrons. The van der Waals surface area contributed by atoms with Crippen LogP contribution in [0.1, 0.15) is 20.3 Å². The van der Waals surface area contributed by atoms with Gasteiger partial charge in [-0.2, -0.15) is 0 Å². The number of alkyl halides is 3. The molecule has 2 aliphatic rings. The average molecular weight is 627 g/mol. The second-order valence-electron chi connectivity index (χ2n) is 9.95. The summed E-state index contributed by atoms with van der Waals surface area (Å²) in [6, 6.07) is 14.0. The highest BCUT2D eigenvalue weighted by atomic mass is 35.5. The minimum absolute atomic E-state index is 0.121. The van der Waals surface area contributed by atoms with E-state index in [0.717, 1.165) is 5.39 Å². The van der Waals surface area contributed by atoms with Crippen molar-refractivity contribution in [2.45, 2.75) is 69.9 Å². The lowest BCUT2D eigenvalue weighted by Crippen LogP contribution is -2.58. The van der Waals surface area contributed by atoms with Crippen molar-refractivity contribution in [3.05, 3.63) is 59.6 Å². The van der Waals surface area contributed by atoms with Crippen LogP contribution in [0.4, 0.5) is 24.7 Å². The number of halogens is 4. The molecule has 0 aliphatic carbocycles. The number of para-hydroxylation sites is 1. The van der Waals surface area contributed by atoms with Crippen molar-refractivity contribution in [3.63, 3.8) is 0 Å². The third-order valence-electron chi connectivity index (χ3n) is 7.02. The molecule has 0 saturated carbocycles. The maximum absolute atomic E-state index is 13.1. The van der Waals surface area contributed by atoms with Gasteiger partial charge in [0.05, 0.1) is 23.8 Å². The molecular weight excluding hydrogens is 597 g/mol. The van der Waals surface area contributed by atoms with E-state index < -0.39 is 55.2 Å². The van der Waals surface area contributed by atoms with Gasteiger partial charge in [-0.3, -0.25) is 4.90 Å². The third kappa shape index (κ3) is 7.31. The maximum Gasteiger partial charge on any atom is 0.573 e. The van der Waals surface area contributed by atoms with Gasteiger partial charge in [0.25, 0.3) is 0 Å². The van der Waals surface area contributed by atoms with Crippen LogP contribution in [0, 0.1) is 0 Å². The highest BCUT2D eigenvalue weighted by molar-refractivity contribution is 6.35. The SMILES string of the molecule is COC(=O)[C@H]1O[C@@H](N(c2ccc(OC(F)(F)F)cc2)c2ccc3cccc(Cl)c3n2)C[C@@H](OC(C)OC)[C@@H]1OC1OC1C. The average Bonchev–Trinajstić information content (AvgIpc) is 3.68. The van der Waals surface area contributed by atoms with E-state index in [1.807, 2.05) is 13.0 Å². The van der Waals surface area contributed by atoms with Crippen LogP contribution >= 0.6 is 11.6 Å². The number of aromatic nitrogens is 1. The smallest absolute Gasteiger partial charge is 0.467 e. The molecule has 2 aromatic carbocycles. The minimum atomic E-state index is -4.86. The molecule has 0 amide bonds. The van der Waals surface area contributed by atoms with Crippen LogP contribution in [-0.4, -0.2) is 74.8 Å². The standard InChI is InChI=1S/C29H30ClF3N2O8/c1-15-28(39-15)42-25-21(40-16(2)37-3)14-23(41-26(25)27(36)38-4)35(18-9-11-19(12-10-18)43-29(31,32)33)22-13-8-17-6-5-7-20(30)24(17)34-22/h5-13,15-16,21,23,25-26,28H,14H2,1-4H3/t15?,16?,21-,23-,25+,26+,28?/m1/s1. The van der Waals surface area contributed by atoms with Gasteiger partial charge in [0.1, 0.15) is 30.0 Å². The third-order valence-corrected chi connectivity index (χ3v) is 7.33. The minimum Gasteiger partial charge on any atom is -0.467 e. The summed E-state index contributed by atoms with van der Waals surface area (Å²) in [7, 11) is 2.70. The predicted octanol–water partition coefficient (Wildman–Crippen LogP) is 5.72. The largest absolute Gasteiger partial charge is 0.573 e. The Labute approximate surface area is 250 Å². The van der Waals surface area contributed by atoms with Crippen LogP contribution in [-0.2, 0) is 33.2 Å². The van der Waals surface area contributed by atoms with Crippen molar-refractivity contribution in [2.75, 3.05) is 19.1 Å². The number of hydrogen-bond donors (Lipinski definition) is 0. The van der Waals surface area contributed by atoms with E-state index in [1.165, 1.54) is 38.5 Å². The molecule has 232 valence electrons. The Morgan fingerprint density at radius 3 is 2.44 bits per heavy atom. The fourth-order valence-corrected chi connectivity index (χ4v) is 5.07. The van der Waals surface area contributed by atoms with E-state index in [2.05, 4.69) is 4.74 Å². The van der Waals surface area contributed by atoms with Crippen LogP contribution in [0.3, 0.4) is 0 Å². The van der Waals surface area contributed by atoms with Gasteiger partial charge in [0, 0.05) is 24.6 Å². The number of fused-ring (bicyclic) bond motifs is 1. The van der Waals surface area contributed by atoms with Crippen LogP contribution < -0.4 is 9.64 Å². The zero-order valence-corrected chi connectivity index (χ0v) is 24.4. The molecule has 7 atom stereocenters. The molecular formula is C29H30ClF3N2O8. The van der Waals surface area contributed by atoms with E-state index in [9.17, 15) is 18.0 Å². The van der Waals surface area contributed by atoms with Crippen LogP contribution in [0.5, 0.6) is 5.75 Å². The van der Waals surface area contributed by atoms with E-state index in [4.69, 9.17) is 45.0 Å². The number of carbonyl (C=O) groups excluding carboxylic acids is 1.